The minimum atomic E-state index is -0.211. The number of nitrogens with one attached hydrogen (secondary N) is 2. The number of rotatable bonds is 23. The first-order valence-corrected chi connectivity index (χ1v) is 9.97. The summed E-state index contributed by atoms with van der Waals surface area (Å²) in [6.45, 7) is 13.3. The van der Waals surface area contributed by atoms with Crippen molar-refractivity contribution in [3.05, 3.63) is 25.3 Å². The number of amides is 2. The standard InChI is InChI=1S/C20H36N2O8/c1-3-19(23)21-5-7-25-9-11-27-13-15-29-17-18-30-16-14-28-12-10-26-8-6-22-20(24)4-2/h3-4H,1-2,5-18H2,(H,21,23)(H,22,24). The molecule has 10 heteroatoms. The van der Waals surface area contributed by atoms with E-state index in [1.807, 2.05) is 0 Å². The van der Waals surface area contributed by atoms with Crippen molar-refractivity contribution in [1.29, 1.82) is 0 Å². The molecule has 0 rings (SSSR count). The average Bonchev–Trinajstić information content (AvgIpc) is 2.76. The van der Waals surface area contributed by atoms with E-state index in [9.17, 15) is 9.59 Å². The lowest BCUT2D eigenvalue weighted by molar-refractivity contribution is -0.117. The van der Waals surface area contributed by atoms with E-state index in [1.54, 1.807) is 0 Å². The molecule has 0 aliphatic heterocycles. The molecule has 0 fully saturated rings. The molecule has 0 aromatic carbocycles. The second-order valence-corrected chi connectivity index (χ2v) is 5.66. The van der Waals surface area contributed by atoms with Gasteiger partial charge in [-0.05, 0) is 12.2 Å². The summed E-state index contributed by atoms with van der Waals surface area (Å²) in [7, 11) is 0. The van der Waals surface area contributed by atoms with Crippen molar-refractivity contribution in [2.24, 2.45) is 0 Å². The van der Waals surface area contributed by atoms with Crippen LogP contribution in [0.2, 0.25) is 0 Å². The molecule has 0 spiro atoms. The Hall–Kier alpha value is -1.82. The molecule has 30 heavy (non-hydrogen) atoms. The van der Waals surface area contributed by atoms with Crippen LogP contribution in [0.15, 0.2) is 25.3 Å². The van der Waals surface area contributed by atoms with Crippen molar-refractivity contribution in [2.75, 3.05) is 92.4 Å². The topological polar surface area (TPSA) is 114 Å². The van der Waals surface area contributed by atoms with Crippen LogP contribution in [0.4, 0.5) is 0 Å². The SMILES string of the molecule is C=CC(=O)NCCOCCOCCOCCOCCOCCOCCNC(=O)C=C. The fourth-order valence-corrected chi connectivity index (χ4v) is 1.84. The highest BCUT2D eigenvalue weighted by Crippen LogP contribution is 1.84. The molecule has 0 radical (unpaired) electrons. The molecule has 0 aromatic rings. The summed E-state index contributed by atoms with van der Waals surface area (Å²) in [5.74, 6) is -0.421. The number of carbonyl (C=O) groups is 2. The molecule has 2 amide bonds. The van der Waals surface area contributed by atoms with Crippen molar-refractivity contribution < 1.29 is 38.0 Å². The summed E-state index contributed by atoms with van der Waals surface area (Å²) in [4.78, 5) is 21.8. The Bertz CT molecular complexity index is 409. The van der Waals surface area contributed by atoms with Crippen LogP contribution in [-0.4, -0.2) is 104 Å². The fourth-order valence-electron chi connectivity index (χ4n) is 1.84. The van der Waals surface area contributed by atoms with Gasteiger partial charge in [0.1, 0.15) is 0 Å². The predicted octanol–water partition coefficient (Wildman–Crippen LogP) is -0.310. The second-order valence-electron chi connectivity index (χ2n) is 5.66. The summed E-state index contributed by atoms with van der Waals surface area (Å²) in [6.07, 6.45) is 2.44. The fraction of sp³-hybridized carbons (Fsp3) is 0.700. The Balaban J connectivity index is 3.06. The van der Waals surface area contributed by atoms with Gasteiger partial charge in [-0.25, -0.2) is 0 Å². The van der Waals surface area contributed by atoms with E-state index in [0.717, 1.165) is 0 Å². The van der Waals surface area contributed by atoms with Gasteiger partial charge in [0.25, 0.3) is 0 Å². The van der Waals surface area contributed by atoms with Crippen molar-refractivity contribution >= 4 is 11.8 Å². The van der Waals surface area contributed by atoms with Gasteiger partial charge in [0, 0.05) is 13.1 Å². The zero-order valence-corrected chi connectivity index (χ0v) is 17.7. The Morgan fingerprint density at radius 3 is 0.967 bits per heavy atom. The molecular formula is C20H36N2O8. The van der Waals surface area contributed by atoms with Crippen LogP contribution in [0.25, 0.3) is 0 Å². The Kier molecular flexibility index (Phi) is 22.0. The molecule has 0 heterocycles. The Labute approximate surface area is 178 Å². The van der Waals surface area contributed by atoms with Crippen LogP contribution < -0.4 is 10.6 Å². The molecule has 0 aliphatic rings. The number of hydrogen-bond acceptors (Lipinski definition) is 8. The van der Waals surface area contributed by atoms with Crippen molar-refractivity contribution in [2.45, 2.75) is 0 Å². The lowest BCUT2D eigenvalue weighted by atomic mass is 10.5. The number of ether oxygens (including phenoxy) is 6. The molecule has 10 nitrogen and oxygen atoms in total. The highest BCUT2D eigenvalue weighted by molar-refractivity contribution is 5.87. The maximum Gasteiger partial charge on any atom is 0.243 e. The molecular weight excluding hydrogens is 396 g/mol. The van der Waals surface area contributed by atoms with E-state index < -0.39 is 0 Å². The molecule has 0 aliphatic carbocycles. The summed E-state index contributed by atoms with van der Waals surface area (Å²) < 4.78 is 32.1. The van der Waals surface area contributed by atoms with E-state index in [0.29, 0.717) is 92.4 Å². The van der Waals surface area contributed by atoms with Gasteiger partial charge in [-0.15, -0.1) is 0 Å². The van der Waals surface area contributed by atoms with E-state index in [4.69, 9.17) is 28.4 Å². The third kappa shape index (κ3) is 22.5. The first-order chi connectivity index (χ1) is 14.7. The normalized spacial score (nSPS) is 10.5. The van der Waals surface area contributed by atoms with E-state index in [1.165, 1.54) is 12.2 Å². The monoisotopic (exact) mass is 432 g/mol. The van der Waals surface area contributed by atoms with Gasteiger partial charge in [-0.2, -0.15) is 0 Å². The van der Waals surface area contributed by atoms with Crippen molar-refractivity contribution in [3.8, 4) is 0 Å². The quantitative estimate of drug-likeness (QED) is 0.167. The second kappa shape index (κ2) is 23.5. The van der Waals surface area contributed by atoms with Crippen LogP contribution in [-0.2, 0) is 38.0 Å². The maximum atomic E-state index is 10.9. The smallest absolute Gasteiger partial charge is 0.243 e. The van der Waals surface area contributed by atoms with Gasteiger partial charge in [0.05, 0.1) is 79.3 Å². The maximum absolute atomic E-state index is 10.9. The van der Waals surface area contributed by atoms with Crippen LogP contribution in [0.3, 0.4) is 0 Å². The third-order valence-corrected chi connectivity index (χ3v) is 3.32. The van der Waals surface area contributed by atoms with Gasteiger partial charge >= 0.3 is 0 Å². The first-order valence-electron chi connectivity index (χ1n) is 9.97. The molecule has 0 bridgehead atoms. The number of hydrogen-bond donors (Lipinski definition) is 2. The zero-order valence-electron chi connectivity index (χ0n) is 17.7. The third-order valence-electron chi connectivity index (χ3n) is 3.32. The molecule has 0 atom stereocenters. The van der Waals surface area contributed by atoms with Gasteiger partial charge < -0.3 is 39.1 Å². The van der Waals surface area contributed by atoms with Crippen molar-refractivity contribution in [3.63, 3.8) is 0 Å². The minimum absolute atomic E-state index is 0.211. The van der Waals surface area contributed by atoms with Crippen LogP contribution in [0.5, 0.6) is 0 Å². The molecule has 0 aromatic heterocycles. The lowest BCUT2D eigenvalue weighted by Crippen LogP contribution is -2.25. The lowest BCUT2D eigenvalue weighted by Gasteiger charge is -2.08. The van der Waals surface area contributed by atoms with E-state index in [-0.39, 0.29) is 11.8 Å². The zero-order chi connectivity index (χ0) is 22.1. The van der Waals surface area contributed by atoms with Crippen LogP contribution >= 0.6 is 0 Å². The van der Waals surface area contributed by atoms with E-state index in [2.05, 4.69) is 23.8 Å². The molecule has 0 unspecified atom stereocenters. The largest absolute Gasteiger partial charge is 0.377 e. The Morgan fingerprint density at radius 1 is 0.500 bits per heavy atom. The van der Waals surface area contributed by atoms with Crippen LogP contribution in [0, 0.1) is 0 Å². The average molecular weight is 433 g/mol. The summed E-state index contributed by atoms with van der Waals surface area (Å²) >= 11 is 0. The van der Waals surface area contributed by atoms with Gasteiger partial charge in [0.2, 0.25) is 11.8 Å². The molecule has 0 saturated heterocycles. The van der Waals surface area contributed by atoms with Gasteiger partial charge in [-0.1, -0.05) is 13.2 Å². The molecule has 2 N–H and O–H groups in total. The molecule has 174 valence electrons. The van der Waals surface area contributed by atoms with Crippen molar-refractivity contribution in [1.82, 2.24) is 10.6 Å². The predicted molar refractivity (Wildman–Crippen MR) is 111 cm³/mol. The summed E-state index contributed by atoms with van der Waals surface area (Å²) in [5, 5.41) is 5.23. The Morgan fingerprint density at radius 2 is 0.733 bits per heavy atom. The van der Waals surface area contributed by atoms with Gasteiger partial charge in [0.15, 0.2) is 0 Å². The van der Waals surface area contributed by atoms with Crippen LogP contribution in [0.1, 0.15) is 0 Å². The highest BCUT2D eigenvalue weighted by atomic mass is 16.6. The number of carbonyl (C=O) groups excluding carboxylic acids is 2. The first kappa shape index (κ1) is 28.2. The highest BCUT2D eigenvalue weighted by Gasteiger charge is 1.96. The summed E-state index contributed by atoms with van der Waals surface area (Å²) in [5.41, 5.74) is 0. The van der Waals surface area contributed by atoms with E-state index >= 15 is 0 Å². The minimum Gasteiger partial charge on any atom is -0.377 e. The van der Waals surface area contributed by atoms with Gasteiger partial charge in [-0.3, -0.25) is 9.59 Å². The summed E-state index contributed by atoms with van der Waals surface area (Å²) in [6, 6.07) is 0. The molecule has 0 saturated carbocycles.